The van der Waals surface area contributed by atoms with Crippen LogP contribution in [-0.4, -0.2) is 23.4 Å². The molecule has 2 aromatic rings. The first-order valence-corrected chi connectivity index (χ1v) is 8.67. The molecule has 0 fully saturated rings. The molecule has 26 heavy (non-hydrogen) atoms. The van der Waals surface area contributed by atoms with Crippen molar-refractivity contribution in [2.24, 2.45) is 5.10 Å². The van der Waals surface area contributed by atoms with Crippen molar-refractivity contribution in [3.05, 3.63) is 53.5 Å². The molecule has 0 radical (unpaired) electrons. The van der Waals surface area contributed by atoms with Gasteiger partial charge in [-0.3, -0.25) is 14.6 Å². The molecule has 0 saturated heterocycles. The molecule has 6 nitrogen and oxygen atoms in total. The molecule has 1 amide bonds. The summed E-state index contributed by atoms with van der Waals surface area (Å²) >= 11 is 0. The number of furan rings is 1. The van der Waals surface area contributed by atoms with Crippen molar-refractivity contribution in [1.29, 1.82) is 0 Å². The van der Waals surface area contributed by atoms with Crippen LogP contribution < -0.4 is 10.3 Å². The number of rotatable bonds is 5. The minimum Gasteiger partial charge on any atom is -0.466 e. The molecule has 0 unspecified atom stereocenters. The maximum atomic E-state index is 12.7. The third-order valence-corrected chi connectivity index (χ3v) is 4.56. The van der Waals surface area contributed by atoms with Crippen LogP contribution in [0, 0.1) is 13.8 Å². The van der Waals surface area contributed by atoms with Gasteiger partial charge < -0.3 is 9.73 Å². The van der Waals surface area contributed by atoms with E-state index in [-0.39, 0.29) is 17.7 Å². The molecule has 0 bridgehead atoms. The average Bonchev–Trinajstić information content (AvgIpc) is 3.19. The van der Waals surface area contributed by atoms with E-state index in [4.69, 9.17) is 4.42 Å². The summed E-state index contributed by atoms with van der Waals surface area (Å²) in [5.74, 6) is 1.31. The zero-order valence-corrected chi connectivity index (χ0v) is 15.4. The van der Waals surface area contributed by atoms with Gasteiger partial charge in [0.15, 0.2) is 5.78 Å². The number of anilines is 1. The lowest BCUT2D eigenvalue weighted by Crippen LogP contribution is -2.35. The number of carbonyl (C=O) groups is 2. The molecule has 1 aliphatic heterocycles. The number of benzene rings is 1. The summed E-state index contributed by atoms with van der Waals surface area (Å²) in [5.41, 5.74) is 2.10. The summed E-state index contributed by atoms with van der Waals surface area (Å²) in [5, 5.41) is 9.02. The number of amides is 1. The number of hydrogen-bond acceptors (Lipinski definition) is 5. The minimum absolute atomic E-state index is 0.0187. The molecule has 1 N–H and O–H groups in total. The number of hydrogen-bond donors (Lipinski definition) is 1. The molecular formula is C20H23N3O3. The SMILES string of the molecule is CC(=O)[C@H]1CC(C(=O)N[C@H](C)c2cc(C)oc2C)=NN1c1ccccc1. The van der Waals surface area contributed by atoms with Crippen LogP contribution in [0.1, 0.15) is 43.4 Å². The fourth-order valence-corrected chi connectivity index (χ4v) is 3.22. The first-order chi connectivity index (χ1) is 12.4. The van der Waals surface area contributed by atoms with E-state index in [0.717, 1.165) is 22.8 Å². The fraction of sp³-hybridized carbons (Fsp3) is 0.350. The van der Waals surface area contributed by atoms with Crippen LogP contribution in [0.15, 0.2) is 45.9 Å². The van der Waals surface area contributed by atoms with E-state index in [1.54, 1.807) is 5.01 Å². The first-order valence-electron chi connectivity index (χ1n) is 8.67. The minimum atomic E-state index is -0.452. The lowest BCUT2D eigenvalue weighted by atomic mass is 10.1. The smallest absolute Gasteiger partial charge is 0.268 e. The van der Waals surface area contributed by atoms with Gasteiger partial charge in [0.25, 0.3) is 5.91 Å². The van der Waals surface area contributed by atoms with E-state index < -0.39 is 6.04 Å². The van der Waals surface area contributed by atoms with Gasteiger partial charge in [-0.25, -0.2) is 0 Å². The molecule has 0 aliphatic carbocycles. The molecule has 2 heterocycles. The number of hydrazone groups is 1. The third-order valence-electron chi connectivity index (χ3n) is 4.56. The number of carbonyl (C=O) groups excluding carboxylic acids is 2. The maximum Gasteiger partial charge on any atom is 0.268 e. The van der Waals surface area contributed by atoms with Crippen LogP contribution in [0.2, 0.25) is 0 Å². The van der Waals surface area contributed by atoms with Crippen LogP contribution in [0.3, 0.4) is 0 Å². The Balaban J connectivity index is 1.78. The number of ketones is 1. The molecule has 1 aliphatic rings. The highest BCUT2D eigenvalue weighted by molar-refractivity contribution is 6.40. The predicted molar refractivity (Wildman–Crippen MR) is 100 cm³/mol. The Morgan fingerprint density at radius 3 is 2.54 bits per heavy atom. The maximum absolute atomic E-state index is 12.7. The topological polar surface area (TPSA) is 74.9 Å². The van der Waals surface area contributed by atoms with Crippen molar-refractivity contribution >= 4 is 23.1 Å². The van der Waals surface area contributed by atoms with Crippen LogP contribution in [-0.2, 0) is 9.59 Å². The molecule has 1 aromatic heterocycles. The van der Waals surface area contributed by atoms with Crippen molar-refractivity contribution < 1.29 is 14.0 Å². The molecule has 3 rings (SSSR count). The Morgan fingerprint density at radius 2 is 1.96 bits per heavy atom. The Hall–Kier alpha value is -2.89. The Labute approximate surface area is 152 Å². The van der Waals surface area contributed by atoms with Crippen LogP contribution >= 0.6 is 0 Å². The van der Waals surface area contributed by atoms with Crippen molar-refractivity contribution in [2.75, 3.05) is 5.01 Å². The van der Waals surface area contributed by atoms with Gasteiger partial charge in [0.2, 0.25) is 0 Å². The van der Waals surface area contributed by atoms with Gasteiger partial charge in [-0.1, -0.05) is 18.2 Å². The number of para-hydroxylation sites is 1. The highest BCUT2D eigenvalue weighted by atomic mass is 16.3. The number of nitrogens with one attached hydrogen (secondary N) is 1. The van der Waals surface area contributed by atoms with Gasteiger partial charge >= 0.3 is 0 Å². The Bertz CT molecular complexity index is 854. The monoisotopic (exact) mass is 353 g/mol. The zero-order valence-electron chi connectivity index (χ0n) is 15.4. The second-order valence-electron chi connectivity index (χ2n) is 6.62. The largest absolute Gasteiger partial charge is 0.466 e. The second-order valence-corrected chi connectivity index (χ2v) is 6.62. The molecule has 2 atom stereocenters. The average molecular weight is 353 g/mol. The molecule has 136 valence electrons. The molecule has 1 aromatic carbocycles. The molecule has 0 saturated carbocycles. The van der Waals surface area contributed by atoms with Gasteiger partial charge in [-0.05, 0) is 45.9 Å². The van der Waals surface area contributed by atoms with E-state index in [1.165, 1.54) is 6.92 Å². The number of Topliss-reactive ketones (excluding diaryl/α,β-unsaturated/α-hetero) is 1. The lowest BCUT2D eigenvalue weighted by Gasteiger charge is -2.20. The van der Waals surface area contributed by atoms with Gasteiger partial charge in [0.05, 0.1) is 11.7 Å². The Morgan fingerprint density at radius 1 is 1.27 bits per heavy atom. The standard InChI is InChI=1S/C20H23N3O3/c1-12-10-17(15(4)26-12)13(2)21-20(25)18-11-19(14(3)24)23(22-18)16-8-6-5-7-9-16/h5-10,13,19H,11H2,1-4H3,(H,21,25)/t13-,19-/m1/s1. The third kappa shape index (κ3) is 3.54. The summed E-state index contributed by atoms with van der Waals surface area (Å²) in [4.78, 5) is 24.7. The predicted octanol–water partition coefficient (Wildman–Crippen LogP) is 3.30. The lowest BCUT2D eigenvalue weighted by molar-refractivity contribution is -0.118. The van der Waals surface area contributed by atoms with Crippen molar-refractivity contribution in [2.45, 2.75) is 46.2 Å². The van der Waals surface area contributed by atoms with Crippen LogP contribution in [0.4, 0.5) is 5.69 Å². The van der Waals surface area contributed by atoms with Gasteiger partial charge in [-0.2, -0.15) is 5.10 Å². The van der Waals surface area contributed by atoms with Crippen LogP contribution in [0.5, 0.6) is 0 Å². The van der Waals surface area contributed by atoms with E-state index in [0.29, 0.717) is 12.1 Å². The summed E-state index contributed by atoms with van der Waals surface area (Å²) in [6, 6.07) is 10.7. The summed E-state index contributed by atoms with van der Waals surface area (Å²) in [6.45, 7) is 7.18. The molecular weight excluding hydrogens is 330 g/mol. The van der Waals surface area contributed by atoms with E-state index in [1.807, 2.05) is 57.2 Å². The quantitative estimate of drug-likeness (QED) is 0.895. The highest BCUT2D eigenvalue weighted by Gasteiger charge is 2.34. The first kappa shape index (κ1) is 17.9. The van der Waals surface area contributed by atoms with Gasteiger partial charge in [0.1, 0.15) is 23.3 Å². The second kappa shape index (κ2) is 7.15. The summed E-state index contributed by atoms with van der Waals surface area (Å²) in [6.07, 6.45) is 0.298. The highest BCUT2D eigenvalue weighted by Crippen LogP contribution is 2.26. The van der Waals surface area contributed by atoms with Crippen LogP contribution in [0.25, 0.3) is 0 Å². The molecule has 0 spiro atoms. The summed E-state index contributed by atoms with van der Waals surface area (Å²) in [7, 11) is 0. The number of nitrogens with zero attached hydrogens (tertiary/aromatic N) is 2. The van der Waals surface area contributed by atoms with E-state index in [9.17, 15) is 9.59 Å². The van der Waals surface area contributed by atoms with Crippen molar-refractivity contribution in [3.8, 4) is 0 Å². The molecule has 6 heteroatoms. The zero-order chi connectivity index (χ0) is 18.8. The normalized spacial score (nSPS) is 17.8. The van der Waals surface area contributed by atoms with Crippen molar-refractivity contribution in [1.82, 2.24) is 5.32 Å². The van der Waals surface area contributed by atoms with Gasteiger partial charge in [0, 0.05) is 12.0 Å². The summed E-state index contributed by atoms with van der Waals surface area (Å²) < 4.78 is 5.53. The van der Waals surface area contributed by atoms with Crippen molar-refractivity contribution in [3.63, 3.8) is 0 Å². The fourth-order valence-electron chi connectivity index (χ4n) is 3.22. The number of aryl methyl sites for hydroxylation is 2. The van der Waals surface area contributed by atoms with E-state index in [2.05, 4.69) is 10.4 Å². The van der Waals surface area contributed by atoms with E-state index >= 15 is 0 Å². The Kier molecular flexibility index (Phi) is 4.93. The van der Waals surface area contributed by atoms with Gasteiger partial charge in [-0.15, -0.1) is 0 Å².